The van der Waals surface area contributed by atoms with Crippen LogP contribution in [0.4, 0.5) is 5.69 Å². The molecule has 6 nitrogen and oxygen atoms in total. The Hall–Kier alpha value is -3.02. The van der Waals surface area contributed by atoms with E-state index in [0.717, 1.165) is 17.9 Å². The van der Waals surface area contributed by atoms with Gasteiger partial charge in [0, 0.05) is 24.7 Å². The second kappa shape index (κ2) is 9.97. The quantitative estimate of drug-likeness (QED) is 0.509. The van der Waals surface area contributed by atoms with Gasteiger partial charge in [-0.1, -0.05) is 31.2 Å². The van der Waals surface area contributed by atoms with Crippen LogP contribution in [0, 0.1) is 0 Å². The van der Waals surface area contributed by atoms with Gasteiger partial charge in [0.25, 0.3) is 0 Å². The van der Waals surface area contributed by atoms with Crippen LogP contribution in [-0.4, -0.2) is 25.0 Å². The van der Waals surface area contributed by atoms with Crippen LogP contribution in [0.5, 0.6) is 11.5 Å². The molecule has 1 amide bonds. The first-order chi connectivity index (χ1) is 12.2. The van der Waals surface area contributed by atoms with Crippen LogP contribution >= 0.6 is 0 Å². The molecule has 0 heterocycles. The van der Waals surface area contributed by atoms with Crippen LogP contribution in [0.3, 0.4) is 0 Å². The van der Waals surface area contributed by atoms with E-state index >= 15 is 0 Å². The first-order valence-electron chi connectivity index (χ1n) is 8.34. The highest BCUT2D eigenvalue weighted by Crippen LogP contribution is 2.23. The number of carbonyl (C=O) groups excluding carboxylic acids is 1. The van der Waals surface area contributed by atoms with Crippen molar-refractivity contribution in [3.8, 4) is 11.5 Å². The molecule has 25 heavy (non-hydrogen) atoms. The van der Waals surface area contributed by atoms with Crippen LogP contribution in [-0.2, 0) is 4.79 Å². The predicted molar refractivity (Wildman–Crippen MR) is 101 cm³/mol. The molecule has 0 unspecified atom stereocenters. The summed E-state index contributed by atoms with van der Waals surface area (Å²) in [4.78, 5) is 15.7. The summed E-state index contributed by atoms with van der Waals surface area (Å²) >= 11 is 0. The SMILES string of the molecule is CCCNC(=O)CCN=C(N)Nc1cccc(Oc2ccccc2)c1. The summed E-state index contributed by atoms with van der Waals surface area (Å²) in [6, 6.07) is 17.0. The Morgan fingerprint density at radius 2 is 1.88 bits per heavy atom. The Balaban J connectivity index is 1.86. The van der Waals surface area contributed by atoms with Gasteiger partial charge in [0.15, 0.2) is 5.96 Å². The third-order valence-corrected chi connectivity index (χ3v) is 3.28. The molecule has 0 saturated heterocycles. The fourth-order valence-electron chi connectivity index (χ4n) is 2.08. The average Bonchev–Trinajstić information content (AvgIpc) is 2.61. The summed E-state index contributed by atoms with van der Waals surface area (Å²) < 4.78 is 5.78. The fraction of sp³-hybridized carbons (Fsp3) is 0.263. The second-order valence-corrected chi connectivity index (χ2v) is 5.43. The van der Waals surface area contributed by atoms with Crippen molar-refractivity contribution in [2.75, 3.05) is 18.4 Å². The summed E-state index contributed by atoms with van der Waals surface area (Å²) in [5, 5.41) is 5.80. The maximum atomic E-state index is 11.5. The third-order valence-electron chi connectivity index (χ3n) is 3.28. The smallest absolute Gasteiger partial charge is 0.221 e. The Bertz CT molecular complexity index is 702. The predicted octanol–water partition coefficient (Wildman–Crippen LogP) is 3.12. The Morgan fingerprint density at radius 3 is 2.64 bits per heavy atom. The van der Waals surface area contributed by atoms with Crippen molar-refractivity contribution >= 4 is 17.6 Å². The number of aliphatic imine (C=N–C) groups is 1. The van der Waals surface area contributed by atoms with E-state index < -0.39 is 0 Å². The van der Waals surface area contributed by atoms with Gasteiger partial charge >= 0.3 is 0 Å². The molecular formula is C19H24N4O2. The van der Waals surface area contributed by atoms with Gasteiger partial charge in [-0.05, 0) is 30.7 Å². The number of hydrogen-bond donors (Lipinski definition) is 3. The molecule has 4 N–H and O–H groups in total. The average molecular weight is 340 g/mol. The zero-order valence-electron chi connectivity index (χ0n) is 14.4. The lowest BCUT2D eigenvalue weighted by molar-refractivity contribution is -0.120. The summed E-state index contributed by atoms with van der Waals surface area (Å²) in [5.41, 5.74) is 6.63. The van der Waals surface area contributed by atoms with Crippen molar-refractivity contribution < 1.29 is 9.53 Å². The number of ether oxygens (including phenoxy) is 1. The van der Waals surface area contributed by atoms with Crippen molar-refractivity contribution in [3.63, 3.8) is 0 Å². The number of nitrogens with one attached hydrogen (secondary N) is 2. The molecule has 132 valence electrons. The number of amides is 1. The number of hydrogen-bond acceptors (Lipinski definition) is 3. The van der Waals surface area contributed by atoms with E-state index in [1.807, 2.05) is 61.5 Å². The fourth-order valence-corrected chi connectivity index (χ4v) is 2.08. The minimum atomic E-state index is -0.0170. The van der Waals surface area contributed by atoms with Crippen molar-refractivity contribution in [3.05, 3.63) is 54.6 Å². The molecule has 2 aromatic carbocycles. The van der Waals surface area contributed by atoms with Gasteiger partial charge in [0.2, 0.25) is 5.91 Å². The van der Waals surface area contributed by atoms with E-state index in [9.17, 15) is 4.79 Å². The Morgan fingerprint density at radius 1 is 1.12 bits per heavy atom. The standard InChI is InChI=1S/C19H24N4O2/c1-2-12-21-18(24)11-13-22-19(20)23-15-7-6-10-17(14-15)25-16-8-4-3-5-9-16/h3-10,14H,2,11-13H2,1H3,(H,21,24)(H3,20,22,23). The monoisotopic (exact) mass is 340 g/mol. The first kappa shape index (κ1) is 18.3. The van der Waals surface area contributed by atoms with E-state index in [1.54, 1.807) is 0 Å². The summed E-state index contributed by atoms with van der Waals surface area (Å²) in [6.07, 6.45) is 1.24. The number of guanidine groups is 1. The Kier molecular flexibility index (Phi) is 7.31. The lowest BCUT2D eigenvalue weighted by Crippen LogP contribution is -2.26. The highest BCUT2D eigenvalue weighted by Gasteiger charge is 2.02. The minimum absolute atomic E-state index is 0.0170. The molecule has 0 aliphatic heterocycles. The minimum Gasteiger partial charge on any atom is -0.457 e. The second-order valence-electron chi connectivity index (χ2n) is 5.43. The number of anilines is 1. The molecule has 0 radical (unpaired) electrons. The molecule has 2 aromatic rings. The number of carbonyl (C=O) groups is 1. The van der Waals surface area contributed by atoms with Crippen molar-refractivity contribution in [1.29, 1.82) is 0 Å². The van der Waals surface area contributed by atoms with Gasteiger partial charge in [-0.25, -0.2) is 0 Å². The lowest BCUT2D eigenvalue weighted by Gasteiger charge is -2.09. The maximum absolute atomic E-state index is 11.5. The van der Waals surface area contributed by atoms with Crippen LogP contribution < -0.4 is 21.1 Å². The van der Waals surface area contributed by atoms with Gasteiger partial charge in [0.1, 0.15) is 11.5 Å². The molecule has 6 heteroatoms. The van der Waals surface area contributed by atoms with Crippen LogP contribution in [0.2, 0.25) is 0 Å². The molecule has 0 atom stereocenters. The number of rotatable bonds is 8. The molecule has 0 fully saturated rings. The topological polar surface area (TPSA) is 88.7 Å². The van der Waals surface area contributed by atoms with E-state index in [-0.39, 0.29) is 11.9 Å². The van der Waals surface area contributed by atoms with Gasteiger partial charge in [-0.2, -0.15) is 0 Å². The summed E-state index contributed by atoms with van der Waals surface area (Å²) in [5.74, 6) is 1.71. The zero-order chi connectivity index (χ0) is 17.9. The molecule has 0 bridgehead atoms. The first-order valence-corrected chi connectivity index (χ1v) is 8.34. The van der Waals surface area contributed by atoms with Crippen molar-refractivity contribution in [1.82, 2.24) is 5.32 Å². The number of para-hydroxylation sites is 1. The Labute approximate surface area is 148 Å². The molecule has 0 spiro atoms. The van der Waals surface area contributed by atoms with Gasteiger partial charge in [-0.15, -0.1) is 0 Å². The highest BCUT2D eigenvalue weighted by atomic mass is 16.5. The maximum Gasteiger partial charge on any atom is 0.221 e. The largest absolute Gasteiger partial charge is 0.457 e. The van der Waals surface area contributed by atoms with Gasteiger partial charge in [-0.3, -0.25) is 9.79 Å². The number of nitrogens with zero attached hydrogens (tertiary/aromatic N) is 1. The molecule has 0 aliphatic carbocycles. The van der Waals surface area contributed by atoms with E-state index in [4.69, 9.17) is 10.5 Å². The van der Waals surface area contributed by atoms with Crippen LogP contribution in [0.15, 0.2) is 59.6 Å². The van der Waals surface area contributed by atoms with Crippen molar-refractivity contribution in [2.24, 2.45) is 10.7 Å². The van der Waals surface area contributed by atoms with Crippen LogP contribution in [0.1, 0.15) is 19.8 Å². The third kappa shape index (κ3) is 6.95. The van der Waals surface area contributed by atoms with Crippen molar-refractivity contribution in [2.45, 2.75) is 19.8 Å². The summed E-state index contributed by atoms with van der Waals surface area (Å²) in [7, 11) is 0. The molecule has 2 rings (SSSR count). The molecule has 0 saturated carbocycles. The zero-order valence-corrected chi connectivity index (χ0v) is 14.4. The normalized spacial score (nSPS) is 11.0. The molecule has 0 aromatic heterocycles. The van der Waals surface area contributed by atoms with E-state index in [2.05, 4.69) is 15.6 Å². The van der Waals surface area contributed by atoms with Crippen LogP contribution in [0.25, 0.3) is 0 Å². The van der Waals surface area contributed by atoms with Gasteiger partial charge < -0.3 is 21.1 Å². The van der Waals surface area contributed by atoms with Gasteiger partial charge in [0.05, 0.1) is 6.54 Å². The highest BCUT2D eigenvalue weighted by molar-refractivity contribution is 5.92. The summed E-state index contributed by atoms with van der Waals surface area (Å²) in [6.45, 7) is 3.04. The lowest BCUT2D eigenvalue weighted by atomic mass is 10.3. The number of benzene rings is 2. The number of nitrogens with two attached hydrogens (primary N) is 1. The van der Waals surface area contributed by atoms with E-state index in [1.165, 1.54) is 0 Å². The van der Waals surface area contributed by atoms with E-state index in [0.29, 0.717) is 25.3 Å². The molecular weight excluding hydrogens is 316 g/mol. The molecule has 0 aliphatic rings.